The molecule has 0 N–H and O–H groups in total. The lowest BCUT2D eigenvalue weighted by molar-refractivity contribution is -0.138. The van der Waals surface area contributed by atoms with Gasteiger partial charge in [-0.05, 0) is 40.5 Å². The van der Waals surface area contributed by atoms with Gasteiger partial charge in [-0.2, -0.15) is 13.2 Å². The number of alkyl halides is 3. The van der Waals surface area contributed by atoms with Crippen LogP contribution in [0.25, 0.3) is 0 Å². The van der Waals surface area contributed by atoms with Gasteiger partial charge in [-0.3, -0.25) is 4.79 Å². The predicted octanol–water partition coefficient (Wildman–Crippen LogP) is 5.25. The molecule has 0 saturated heterocycles. The fourth-order valence-corrected chi connectivity index (χ4v) is 2.71. The highest BCUT2D eigenvalue weighted by Crippen LogP contribution is 2.38. The van der Waals surface area contributed by atoms with Crippen molar-refractivity contribution in [1.29, 1.82) is 0 Å². The highest BCUT2D eigenvalue weighted by atomic mass is 79.9. The molecule has 116 valence electrons. The van der Waals surface area contributed by atoms with Crippen LogP contribution in [-0.4, -0.2) is 5.78 Å². The third-order valence-corrected chi connectivity index (χ3v) is 3.59. The van der Waals surface area contributed by atoms with Crippen molar-refractivity contribution in [2.24, 2.45) is 0 Å². The van der Waals surface area contributed by atoms with Crippen LogP contribution in [0.5, 0.6) is 5.75 Å². The molecule has 2 aromatic carbocycles. The average Bonchev–Trinajstić information content (AvgIpc) is 2.44. The summed E-state index contributed by atoms with van der Waals surface area (Å²) in [5.74, 6) is -0.609. The molecule has 0 radical (unpaired) electrons. The number of ether oxygens (including phenoxy) is 1. The molecular weight excluding hydrogens is 361 g/mol. The van der Waals surface area contributed by atoms with Gasteiger partial charge in [0.1, 0.15) is 12.4 Å². The Morgan fingerprint density at radius 1 is 1.18 bits per heavy atom. The van der Waals surface area contributed by atoms with Crippen LogP contribution in [0.2, 0.25) is 0 Å². The molecule has 6 heteroatoms. The van der Waals surface area contributed by atoms with E-state index in [-0.39, 0.29) is 22.4 Å². The predicted molar refractivity (Wildman–Crippen MR) is 79.9 cm³/mol. The van der Waals surface area contributed by atoms with Crippen LogP contribution in [0.15, 0.2) is 46.9 Å². The molecule has 0 aliphatic heterocycles. The van der Waals surface area contributed by atoms with E-state index in [0.717, 1.165) is 18.6 Å². The van der Waals surface area contributed by atoms with Crippen molar-refractivity contribution in [2.45, 2.75) is 19.7 Å². The minimum absolute atomic E-state index is 0.0491. The highest BCUT2D eigenvalue weighted by Gasteiger charge is 2.36. The normalized spacial score (nSPS) is 11.3. The van der Waals surface area contributed by atoms with Crippen LogP contribution >= 0.6 is 15.9 Å². The number of hydrogen-bond acceptors (Lipinski definition) is 2. The molecule has 22 heavy (non-hydrogen) atoms. The molecule has 0 aliphatic carbocycles. The topological polar surface area (TPSA) is 26.3 Å². The second-order valence-electron chi connectivity index (χ2n) is 4.66. The highest BCUT2D eigenvalue weighted by molar-refractivity contribution is 9.10. The minimum atomic E-state index is -4.63. The monoisotopic (exact) mass is 372 g/mol. The average molecular weight is 373 g/mol. The number of benzene rings is 2. The maximum Gasteiger partial charge on any atom is 0.417 e. The van der Waals surface area contributed by atoms with E-state index in [4.69, 9.17) is 4.74 Å². The summed E-state index contributed by atoms with van der Waals surface area (Å²) in [5.41, 5.74) is -0.556. The van der Waals surface area contributed by atoms with Crippen molar-refractivity contribution in [3.63, 3.8) is 0 Å². The van der Waals surface area contributed by atoms with Crippen molar-refractivity contribution in [3.05, 3.63) is 63.6 Å². The molecule has 0 spiro atoms. The molecular formula is C16H12BrF3O2. The van der Waals surface area contributed by atoms with Gasteiger partial charge in [-0.1, -0.05) is 30.3 Å². The van der Waals surface area contributed by atoms with Crippen LogP contribution in [0.1, 0.15) is 28.4 Å². The maximum atomic E-state index is 13.1. The Balaban J connectivity index is 2.34. The van der Waals surface area contributed by atoms with Crippen LogP contribution in [0.4, 0.5) is 13.2 Å². The van der Waals surface area contributed by atoms with Gasteiger partial charge in [0.25, 0.3) is 0 Å². The van der Waals surface area contributed by atoms with Gasteiger partial charge in [0.15, 0.2) is 5.78 Å². The smallest absolute Gasteiger partial charge is 0.417 e. The summed E-state index contributed by atoms with van der Waals surface area (Å²) in [6.07, 6.45) is -4.63. The molecule has 0 aliphatic rings. The van der Waals surface area contributed by atoms with E-state index in [1.807, 2.05) is 30.3 Å². The number of hydrogen-bond donors (Lipinski definition) is 0. The SMILES string of the molecule is CC(=O)c1c(Br)cc(OCc2ccccc2)cc1C(F)(F)F. The van der Waals surface area contributed by atoms with Gasteiger partial charge in [0.2, 0.25) is 0 Å². The number of ketones is 1. The number of carbonyl (C=O) groups is 1. The molecule has 0 bridgehead atoms. The third kappa shape index (κ3) is 3.88. The lowest BCUT2D eigenvalue weighted by atomic mass is 10.0. The van der Waals surface area contributed by atoms with Crippen LogP contribution < -0.4 is 4.74 Å². The van der Waals surface area contributed by atoms with Gasteiger partial charge < -0.3 is 4.74 Å². The Morgan fingerprint density at radius 3 is 2.36 bits per heavy atom. The van der Waals surface area contributed by atoms with Crippen molar-refractivity contribution in [3.8, 4) is 5.75 Å². The largest absolute Gasteiger partial charge is 0.489 e. The van der Waals surface area contributed by atoms with E-state index < -0.39 is 17.5 Å². The Kier molecular flexibility index (Phi) is 4.90. The Hall–Kier alpha value is -1.82. The first kappa shape index (κ1) is 16.5. The molecule has 2 nitrogen and oxygen atoms in total. The Morgan fingerprint density at radius 2 is 1.82 bits per heavy atom. The number of halogens is 4. The number of carbonyl (C=O) groups excluding carboxylic acids is 1. The van der Waals surface area contributed by atoms with Crippen LogP contribution in [-0.2, 0) is 12.8 Å². The second-order valence-corrected chi connectivity index (χ2v) is 5.51. The van der Waals surface area contributed by atoms with E-state index in [1.165, 1.54) is 6.07 Å². The van der Waals surface area contributed by atoms with Gasteiger partial charge >= 0.3 is 6.18 Å². The lowest BCUT2D eigenvalue weighted by Gasteiger charge is -2.15. The molecule has 0 heterocycles. The third-order valence-electron chi connectivity index (χ3n) is 2.97. The van der Waals surface area contributed by atoms with E-state index in [2.05, 4.69) is 15.9 Å². The fourth-order valence-electron chi connectivity index (χ4n) is 1.99. The van der Waals surface area contributed by atoms with Crippen molar-refractivity contribution >= 4 is 21.7 Å². The number of Topliss-reactive ketones (excluding diaryl/α,β-unsaturated/α-hetero) is 1. The summed E-state index contributed by atoms with van der Waals surface area (Å²) < 4.78 is 44.8. The van der Waals surface area contributed by atoms with Gasteiger partial charge in [0.05, 0.1) is 5.56 Å². The molecule has 0 saturated carbocycles. The van der Waals surface area contributed by atoms with E-state index >= 15 is 0 Å². The van der Waals surface area contributed by atoms with Crippen molar-refractivity contribution < 1.29 is 22.7 Å². The van der Waals surface area contributed by atoms with E-state index in [1.54, 1.807) is 0 Å². The summed E-state index contributed by atoms with van der Waals surface area (Å²) in [7, 11) is 0. The van der Waals surface area contributed by atoms with Gasteiger partial charge in [0, 0.05) is 10.0 Å². The molecule has 2 aromatic rings. The summed E-state index contributed by atoms with van der Waals surface area (Å²) >= 11 is 3.02. The summed E-state index contributed by atoms with van der Waals surface area (Å²) in [6.45, 7) is 1.24. The summed E-state index contributed by atoms with van der Waals surface area (Å²) in [5, 5.41) is 0. The summed E-state index contributed by atoms with van der Waals surface area (Å²) in [6, 6.07) is 11.3. The summed E-state index contributed by atoms with van der Waals surface area (Å²) in [4.78, 5) is 11.5. The Bertz CT molecular complexity index is 682. The standard InChI is InChI=1S/C16H12BrF3O2/c1-10(21)15-13(16(18,19)20)7-12(8-14(15)17)22-9-11-5-3-2-4-6-11/h2-8H,9H2,1H3. The zero-order chi connectivity index (χ0) is 16.3. The molecule has 0 aromatic heterocycles. The van der Waals surface area contributed by atoms with E-state index in [9.17, 15) is 18.0 Å². The van der Waals surface area contributed by atoms with Gasteiger partial charge in [-0.15, -0.1) is 0 Å². The Labute approximate surface area is 134 Å². The van der Waals surface area contributed by atoms with Crippen molar-refractivity contribution in [2.75, 3.05) is 0 Å². The van der Waals surface area contributed by atoms with Crippen LogP contribution in [0, 0.1) is 0 Å². The first-order valence-electron chi connectivity index (χ1n) is 6.37. The molecule has 0 unspecified atom stereocenters. The minimum Gasteiger partial charge on any atom is -0.489 e. The molecule has 2 rings (SSSR count). The van der Waals surface area contributed by atoms with Crippen molar-refractivity contribution in [1.82, 2.24) is 0 Å². The first-order valence-corrected chi connectivity index (χ1v) is 7.16. The quantitative estimate of drug-likeness (QED) is 0.685. The zero-order valence-electron chi connectivity index (χ0n) is 11.6. The maximum absolute atomic E-state index is 13.1. The molecule has 0 amide bonds. The fraction of sp³-hybridized carbons (Fsp3) is 0.188. The van der Waals surface area contributed by atoms with E-state index in [0.29, 0.717) is 0 Å². The van der Waals surface area contributed by atoms with Gasteiger partial charge in [-0.25, -0.2) is 0 Å². The zero-order valence-corrected chi connectivity index (χ0v) is 13.2. The second kappa shape index (κ2) is 6.52. The number of rotatable bonds is 4. The lowest BCUT2D eigenvalue weighted by Crippen LogP contribution is -2.13. The molecule has 0 fully saturated rings. The van der Waals surface area contributed by atoms with Crippen LogP contribution in [0.3, 0.4) is 0 Å². The first-order chi connectivity index (χ1) is 10.3. The molecule has 0 atom stereocenters.